The summed E-state index contributed by atoms with van der Waals surface area (Å²) in [5.41, 5.74) is 7.74. The largest absolute Gasteiger partial charge is 0.354 e. The molecule has 0 bridgehead atoms. The first-order valence-electron chi connectivity index (χ1n) is 15.0. The van der Waals surface area contributed by atoms with Crippen LogP contribution < -0.4 is 0 Å². The molecule has 1 atom stereocenters. The predicted octanol–water partition coefficient (Wildman–Crippen LogP) is 9.53. The molecule has 3 heterocycles. The molecule has 0 radical (unpaired) electrons. The van der Waals surface area contributed by atoms with Gasteiger partial charge < -0.3 is 9.55 Å². The average Bonchev–Trinajstić information content (AvgIpc) is 3.64. The molecule has 0 saturated heterocycles. The third-order valence-electron chi connectivity index (χ3n) is 8.72. The molecule has 0 fully saturated rings. The maximum absolute atomic E-state index is 5.16. The molecule has 0 saturated carbocycles. The van der Waals surface area contributed by atoms with Crippen molar-refractivity contribution >= 4 is 49.3 Å². The summed E-state index contributed by atoms with van der Waals surface area (Å²) >= 11 is 0. The number of nitrogens with zero attached hydrogens (tertiary/aromatic N) is 4. The first-order chi connectivity index (χ1) is 21.8. The molecule has 8 aromatic rings. The van der Waals surface area contributed by atoms with E-state index in [1.807, 2.05) is 36.4 Å². The van der Waals surface area contributed by atoms with Gasteiger partial charge in [0.1, 0.15) is 5.82 Å². The number of para-hydroxylation sites is 2. The molecular weight excluding hydrogens is 538 g/mol. The quantitative estimate of drug-likeness (QED) is 0.231. The van der Waals surface area contributed by atoms with Crippen molar-refractivity contribution in [1.29, 1.82) is 0 Å². The number of aromatic amines is 1. The van der Waals surface area contributed by atoms with E-state index in [0.29, 0.717) is 11.6 Å². The summed E-state index contributed by atoms with van der Waals surface area (Å²) < 4.78 is 2.45. The summed E-state index contributed by atoms with van der Waals surface area (Å²) in [7, 11) is 0. The maximum atomic E-state index is 5.16. The third kappa shape index (κ3) is 3.83. The third-order valence-corrected chi connectivity index (χ3v) is 8.72. The summed E-state index contributed by atoms with van der Waals surface area (Å²) in [5.74, 6) is 2.06. The van der Waals surface area contributed by atoms with Gasteiger partial charge in [0, 0.05) is 49.4 Å². The normalized spacial score (nSPS) is 15.0. The lowest BCUT2D eigenvalue weighted by Crippen LogP contribution is -2.15. The van der Waals surface area contributed by atoms with Crippen LogP contribution in [-0.2, 0) is 0 Å². The first kappa shape index (κ1) is 24.8. The van der Waals surface area contributed by atoms with Crippen molar-refractivity contribution in [1.82, 2.24) is 24.5 Å². The van der Waals surface area contributed by atoms with Crippen molar-refractivity contribution in [3.05, 3.63) is 145 Å². The van der Waals surface area contributed by atoms with Crippen LogP contribution in [0.5, 0.6) is 0 Å². The van der Waals surface area contributed by atoms with Crippen molar-refractivity contribution in [3.8, 4) is 22.8 Å². The molecular formula is C39H27N5. The summed E-state index contributed by atoms with van der Waals surface area (Å²) in [4.78, 5) is 18.9. The van der Waals surface area contributed by atoms with E-state index in [-0.39, 0.29) is 5.92 Å². The minimum atomic E-state index is -0.0765. The van der Waals surface area contributed by atoms with Gasteiger partial charge in [-0.05, 0) is 30.7 Å². The standard InChI is InChI=1S/C39H27N5/c1-3-13-25(14-4-1)37-41-38(26-15-5-2-6-16-26)43-39(42-37)30-19-9-12-22-34(30)44-33-21-11-8-17-27(33)28-23-24-32-35(36(28)44)29-18-7-10-20-31(29)40-32/h1-18,20-24,30,40H,19H2. The highest BCUT2D eigenvalue weighted by atomic mass is 15.1. The minimum absolute atomic E-state index is 0.0765. The van der Waals surface area contributed by atoms with E-state index < -0.39 is 0 Å². The van der Waals surface area contributed by atoms with E-state index in [9.17, 15) is 0 Å². The van der Waals surface area contributed by atoms with Gasteiger partial charge in [-0.25, -0.2) is 15.0 Å². The number of rotatable bonds is 4. The topological polar surface area (TPSA) is 59.4 Å². The lowest BCUT2D eigenvalue weighted by Gasteiger charge is -2.24. The Morgan fingerprint density at radius 1 is 0.591 bits per heavy atom. The number of H-pyrrole nitrogens is 1. The van der Waals surface area contributed by atoms with Gasteiger partial charge >= 0.3 is 0 Å². The summed E-state index contributed by atoms with van der Waals surface area (Å²) in [6.07, 6.45) is 7.41. The molecule has 5 aromatic carbocycles. The molecule has 3 aromatic heterocycles. The molecule has 1 aliphatic rings. The molecule has 5 nitrogen and oxygen atoms in total. The highest BCUT2D eigenvalue weighted by Crippen LogP contribution is 2.43. The van der Waals surface area contributed by atoms with Crippen LogP contribution >= 0.6 is 0 Å². The number of benzene rings is 5. The number of aromatic nitrogens is 5. The lowest BCUT2D eigenvalue weighted by molar-refractivity contribution is 0.754. The lowest BCUT2D eigenvalue weighted by atomic mass is 9.94. The van der Waals surface area contributed by atoms with Crippen LogP contribution in [0, 0.1) is 0 Å². The fraction of sp³-hybridized carbons (Fsp3) is 0.0513. The molecule has 44 heavy (non-hydrogen) atoms. The molecule has 1 N–H and O–H groups in total. The Bertz CT molecular complexity index is 2350. The Kier molecular flexibility index (Phi) is 5.56. The number of hydrogen-bond acceptors (Lipinski definition) is 3. The van der Waals surface area contributed by atoms with Crippen molar-refractivity contribution in [2.24, 2.45) is 0 Å². The van der Waals surface area contributed by atoms with E-state index in [2.05, 4.69) is 113 Å². The summed E-state index contributed by atoms with van der Waals surface area (Å²) in [5, 5.41) is 4.92. The Balaban J connectivity index is 1.33. The van der Waals surface area contributed by atoms with Crippen LogP contribution in [0.15, 0.2) is 140 Å². The van der Waals surface area contributed by atoms with Crippen molar-refractivity contribution < 1.29 is 0 Å². The van der Waals surface area contributed by atoms with E-state index >= 15 is 0 Å². The van der Waals surface area contributed by atoms with Crippen molar-refractivity contribution in [2.45, 2.75) is 12.3 Å². The highest BCUT2D eigenvalue weighted by molar-refractivity contribution is 6.25. The number of fused-ring (bicyclic) bond motifs is 7. The van der Waals surface area contributed by atoms with Crippen molar-refractivity contribution in [2.75, 3.05) is 0 Å². The SMILES string of the molecule is C1=CCC(c2nc(-c3ccccc3)nc(-c3ccccc3)n2)C(n2c3ccccc3c3ccc4[nH]c5ccccc5c4c32)=C1. The zero-order valence-electron chi connectivity index (χ0n) is 23.9. The maximum Gasteiger partial charge on any atom is 0.163 e. The summed E-state index contributed by atoms with van der Waals surface area (Å²) in [6.45, 7) is 0. The van der Waals surface area contributed by atoms with E-state index in [1.165, 1.54) is 32.6 Å². The second-order valence-corrected chi connectivity index (χ2v) is 11.3. The smallest absolute Gasteiger partial charge is 0.163 e. The van der Waals surface area contributed by atoms with Crippen LogP contribution in [0.1, 0.15) is 18.2 Å². The monoisotopic (exact) mass is 565 g/mol. The van der Waals surface area contributed by atoms with Crippen LogP contribution in [0.3, 0.4) is 0 Å². The second kappa shape index (κ2) is 9.89. The van der Waals surface area contributed by atoms with E-state index in [1.54, 1.807) is 0 Å². The van der Waals surface area contributed by atoms with Crippen LogP contribution in [0.2, 0.25) is 0 Å². The van der Waals surface area contributed by atoms with Gasteiger partial charge in [-0.1, -0.05) is 115 Å². The molecule has 1 aliphatic carbocycles. The Labute approximate surface area is 253 Å². The molecule has 0 amide bonds. The molecule has 0 spiro atoms. The molecule has 9 rings (SSSR count). The number of hydrogen-bond donors (Lipinski definition) is 1. The molecule has 0 aliphatic heterocycles. The zero-order valence-corrected chi connectivity index (χ0v) is 23.9. The summed E-state index contributed by atoms with van der Waals surface area (Å²) in [6, 6.07) is 42.1. The van der Waals surface area contributed by atoms with Gasteiger partial charge in [-0.15, -0.1) is 0 Å². The van der Waals surface area contributed by atoms with Gasteiger partial charge in [-0.2, -0.15) is 0 Å². The Morgan fingerprint density at radius 2 is 1.25 bits per heavy atom. The minimum Gasteiger partial charge on any atom is -0.354 e. The Hall–Kier alpha value is -5.81. The van der Waals surface area contributed by atoms with Gasteiger partial charge in [-0.3, -0.25) is 0 Å². The van der Waals surface area contributed by atoms with Crippen LogP contribution in [0.25, 0.3) is 72.1 Å². The molecule has 208 valence electrons. The van der Waals surface area contributed by atoms with Gasteiger partial charge in [0.2, 0.25) is 0 Å². The van der Waals surface area contributed by atoms with Crippen LogP contribution in [-0.4, -0.2) is 24.5 Å². The van der Waals surface area contributed by atoms with Crippen molar-refractivity contribution in [3.63, 3.8) is 0 Å². The molecule has 1 unspecified atom stereocenters. The fourth-order valence-corrected chi connectivity index (χ4v) is 6.72. The Morgan fingerprint density at radius 3 is 2.00 bits per heavy atom. The predicted molar refractivity (Wildman–Crippen MR) is 180 cm³/mol. The van der Waals surface area contributed by atoms with E-state index in [4.69, 9.17) is 15.0 Å². The second-order valence-electron chi connectivity index (χ2n) is 11.3. The number of nitrogens with one attached hydrogen (secondary N) is 1. The fourth-order valence-electron chi connectivity index (χ4n) is 6.72. The highest BCUT2D eigenvalue weighted by Gasteiger charge is 2.28. The molecule has 5 heteroatoms. The first-order valence-corrected chi connectivity index (χ1v) is 15.0. The van der Waals surface area contributed by atoms with Crippen LogP contribution in [0.4, 0.5) is 0 Å². The average molecular weight is 566 g/mol. The van der Waals surface area contributed by atoms with E-state index in [0.717, 1.165) is 40.1 Å². The van der Waals surface area contributed by atoms with Gasteiger partial charge in [0.05, 0.1) is 17.0 Å². The number of allylic oxidation sites excluding steroid dienone is 4. The zero-order chi connectivity index (χ0) is 29.0. The van der Waals surface area contributed by atoms with Gasteiger partial charge in [0.25, 0.3) is 0 Å². The van der Waals surface area contributed by atoms with Gasteiger partial charge in [0.15, 0.2) is 11.6 Å².